The number of anilines is 2. The Morgan fingerprint density at radius 3 is 2.37 bits per heavy atom. The van der Waals surface area contributed by atoms with Gasteiger partial charge in [0.05, 0.1) is 34.4 Å². The second-order valence-corrected chi connectivity index (χ2v) is 10.3. The van der Waals surface area contributed by atoms with Gasteiger partial charge in [-0.25, -0.2) is 9.78 Å². The number of benzene rings is 2. The van der Waals surface area contributed by atoms with Crippen molar-refractivity contribution >= 4 is 74.2 Å². The average molecular weight is 529 g/mol. The molecule has 0 aliphatic rings. The number of thioether (sulfide) groups is 2. The van der Waals surface area contributed by atoms with Crippen LogP contribution in [0.2, 0.25) is 0 Å². The Kier molecular flexibility index (Phi) is 8.00. The normalized spacial score (nSPS) is 10.8. The quantitative estimate of drug-likeness (QED) is 0.247. The van der Waals surface area contributed by atoms with Crippen molar-refractivity contribution in [2.45, 2.75) is 9.50 Å². The van der Waals surface area contributed by atoms with E-state index in [-0.39, 0.29) is 23.3 Å². The summed E-state index contributed by atoms with van der Waals surface area (Å²) in [5, 5.41) is 14.1. The first-order valence-electron chi connectivity index (χ1n) is 10.2. The molecule has 0 unspecified atom stereocenters. The van der Waals surface area contributed by atoms with E-state index in [1.807, 2.05) is 19.2 Å². The summed E-state index contributed by atoms with van der Waals surface area (Å²) in [4.78, 5) is 40.6. The molecule has 0 aliphatic heterocycles. The monoisotopic (exact) mass is 528 g/mol. The molecular formula is C22H20N6O4S3. The molecule has 4 aromatic rings. The lowest BCUT2D eigenvalue weighted by molar-refractivity contribution is -0.114. The fourth-order valence-corrected chi connectivity index (χ4v) is 5.50. The molecule has 0 saturated carbocycles. The highest BCUT2D eigenvalue weighted by atomic mass is 32.2. The van der Waals surface area contributed by atoms with Crippen LogP contribution in [0.4, 0.5) is 11.4 Å². The summed E-state index contributed by atoms with van der Waals surface area (Å²) < 4.78 is 8.07. The van der Waals surface area contributed by atoms with Crippen LogP contribution in [0, 0.1) is 0 Å². The van der Waals surface area contributed by atoms with Crippen LogP contribution in [0.25, 0.3) is 10.2 Å². The molecular weight excluding hydrogens is 508 g/mol. The Labute approximate surface area is 212 Å². The molecule has 0 bridgehead atoms. The van der Waals surface area contributed by atoms with E-state index in [4.69, 9.17) is 0 Å². The van der Waals surface area contributed by atoms with Gasteiger partial charge in [-0.15, -0.1) is 21.5 Å². The molecule has 13 heteroatoms. The summed E-state index contributed by atoms with van der Waals surface area (Å²) >= 11 is 4.09. The van der Waals surface area contributed by atoms with Crippen LogP contribution < -0.4 is 10.6 Å². The molecule has 0 aliphatic carbocycles. The van der Waals surface area contributed by atoms with Gasteiger partial charge in [-0.05, 0) is 42.5 Å². The fourth-order valence-electron chi connectivity index (χ4n) is 2.91. The van der Waals surface area contributed by atoms with Gasteiger partial charge in [0.25, 0.3) is 0 Å². The van der Waals surface area contributed by atoms with Crippen molar-refractivity contribution in [3.8, 4) is 0 Å². The summed E-state index contributed by atoms with van der Waals surface area (Å²) in [6.45, 7) is 0. The topological polar surface area (TPSA) is 128 Å². The number of nitrogens with one attached hydrogen (secondary N) is 2. The number of fused-ring (bicyclic) bond motifs is 1. The smallest absolute Gasteiger partial charge is 0.337 e. The molecule has 0 radical (unpaired) electrons. The Morgan fingerprint density at radius 2 is 1.69 bits per heavy atom. The van der Waals surface area contributed by atoms with Gasteiger partial charge in [0.15, 0.2) is 9.50 Å². The molecule has 0 spiro atoms. The second-order valence-electron chi connectivity index (χ2n) is 7.13. The molecule has 2 heterocycles. The van der Waals surface area contributed by atoms with Crippen molar-refractivity contribution in [2.75, 3.05) is 29.2 Å². The minimum atomic E-state index is -0.433. The van der Waals surface area contributed by atoms with Gasteiger partial charge in [-0.2, -0.15) is 0 Å². The lowest BCUT2D eigenvalue weighted by Crippen LogP contribution is -2.14. The number of carbonyl (C=O) groups is 3. The minimum Gasteiger partial charge on any atom is -0.465 e. The molecule has 2 N–H and O–H groups in total. The van der Waals surface area contributed by atoms with Gasteiger partial charge in [0.1, 0.15) is 6.33 Å². The number of thiazole rings is 1. The number of carbonyl (C=O) groups excluding carboxylic acids is 3. The third-order valence-electron chi connectivity index (χ3n) is 4.57. The number of rotatable bonds is 9. The lowest BCUT2D eigenvalue weighted by atomic mass is 10.2. The molecule has 4 rings (SSSR count). The Bertz CT molecular complexity index is 1370. The van der Waals surface area contributed by atoms with Gasteiger partial charge >= 0.3 is 5.97 Å². The SMILES string of the molecule is COC(=O)c1ccc(NC(=O)CSc2nc3ccc(NC(=O)CSc4nncn4C)cc3s2)cc1. The molecule has 2 aromatic heterocycles. The van der Waals surface area contributed by atoms with E-state index in [0.717, 1.165) is 14.6 Å². The number of ether oxygens (including phenoxy) is 1. The zero-order valence-corrected chi connectivity index (χ0v) is 21.1. The van der Waals surface area contributed by atoms with Crippen LogP contribution in [0.5, 0.6) is 0 Å². The Morgan fingerprint density at radius 1 is 1.00 bits per heavy atom. The van der Waals surface area contributed by atoms with E-state index in [1.165, 1.54) is 42.0 Å². The summed E-state index contributed by atoms with van der Waals surface area (Å²) in [6.07, 6.45) is 1.58. The number of hydrogen-bond donors (Lipinski definition) is 2. The van der Waals surface area contributed by atoms with E-state index < -0.39 is 5.97 Å². The molecule has 0 fully saturated rings. The summed E-state index contributed by atoms with van der Waals surface area (Å²) in [5.74, 6) is -0.366. The maximum absolute atomic E-state index is 12.3. The average Bonchev–Trinajstić information content (AvgIpc) is 3.46. The first kappa shape index (κ1) is 24.7. The van der Waals surface area contributed by atoms with E-state index in [9.17, 15) is 14.4 Å². The molecule has 2 amide bonds. The predicted octanol–water partition coefficient (Wildman–Crippen LogP) is 3.67. The first-order valence-corrected chi connectivity index (χ1v) is 13.0. The second kappa shape index (κ2) is 11.3. The van der Waals surface area contributed by atoms with Gasteiger partial charge in [0, 0.05) is 18.4 Å². The standard InChI is InChI=1S/C22H20N6O4S3/c1-28-12-23-27-21(28)33-10-18(29)25-15-7-8-16-17(9-15)35-22(26-16)34-11-19(30)24-14-5-3-13(4-6-14)20(31)32-2/h3-9,12H,10-11H2,1-2H3,(H,24,30)(H,25,29). The van der Waals surface area contributed by atoms with Crippen molar-refractivity contribution in [3.63, 3.8) is 0 Å². The number of hydrogen-bond acceptors (Lipinski definition) is 10. The number of methoxy groups -OCH3 is 1. The molecule has 2 aromatic carbocycles. The van der Waals surface area contributed by atoms with Crippen molar-refractivity contribution in [1.29, 1.82) is 0 Å². The van der Waals surface area contributed by atoms with E-state index in [1.54, 1.807) is 41.2 Å². The maximum atomic E-state index is 12.3. The van der Waals surface area contributed by atoms with Crippen molar-refractivity contribution in [2.24, 2.45) is 7.05 Å². The van der Waals surface area contributed by atoms with Crippen LogP contribution >= 0.6 is 34.9 Å². The highest BCUT2D eigenvalue weighted by molar-refractivity contribution is 8.01. The number of aryl methyl sites for hydroxylation is 1. The molecule has 0 atom stereocenters. The predicted molar refractivity (Wildman–Crippen MR) is 137 cm³/mol. The zero-order chi connectivity index (χ0) is 24.8. The lowest BCUT2D eigenvalue weighted by Gasteiger charge is -2.05. The van der Waals surface area contributed by atoms with Crippen molar-refractivity contribution < 1.29 is 19.1 Å². The summed E-state index contributed by atoms with van der Waals surface area (Å²) in [6, 6.07) is 12.0. The van der Waals surface area contributed by atoms with Gasteiger partial charge in [-0.3, -0.25) is 9.59 Å². The fraction of sp³-hybridized carbons (Fsp3) is 0.182. The third kappa shape index (κ3) is 6.59. The molecule has 10 nitrogen and oxygen atoms in total. The molecule has 0 saturated heterocycles. The van der Waals surface area contributed by atoms with Crippen LogP contribution in [0.1, 0.15) is 10.4 Å². The largest absolute Gasteiger partial charge is 0.465 e. The van der Waals surface area contributed by atoms with Gasteiger partial charge in [0.2, 0.25) is 11.8 Å². The molecule has 180 valence electrons. The van der Waals surface area contributed by atoms with E-state index >= 15 is 0 Å². The zero-order valence-electron chi connectivity index (χ0n) is 18.7. The minimum absolute atomic E-state index is 0.146. The van der Waals surface area contributed by atoms with Crippen LogP contribution in [-0.4, -0.2) is 56.1 Å². The number of nitrogens with zero attached hydrogens (tertiary/aromatic N) is 4. The first-order chi connectivity index (χ1) is 16.9. The Balaban J connectivity index is 1.29. The highest BCUT2D eigenvalue weighted by Crippen LogP contribution is 2.31. The van der Waals surface area contributed by atoms with Gasteiger partial charge < -0.3 is 19.9 Å². The van der Waals surface area contributed by atoms with Gasteiger partial charge in [-0.1, -0.05) is 23.5 Å². The van der Waals surface area contributed by atoms with Crippen LogP contribution in [-0.2, 0) is 21.4 Å². The van der Waals surface area contributed by atoms with Crippen molar-refractivity contribution in [3.05, 3.63) is 54.4 Å². The Hall–Kier alpha value is -3.42. The number of esters is 1. The van der Waals surface area contributed by atoms with Crippen LogP contribution in [0.3, 0.4) is 0 Å². The number of aromatic nitrogens is 4. The summed E-state index contributed by atoms with van der Waals surface area (Å²) in [7, 11) is 3.14. The molecule has 35 heavy (non-hydrogen) atoms. The van der Waals surface area contributed by atoms with E-state index in [0.29, 0.717) is 22.1 Å². The number of amides is 2. The maximum Gasteiger partial charge on any atom is 0.337 e. The third-order valence-corrected chi connectivity index (χ3v) is 7.77. The van der Waals surface area contributed by atoms with E-state index in [2.05, 4.69) is 30.6 Å². The highest BCUT2D eigenvalue weighted by Gasteiger charge is 2.12. The van der Waals surface area contributed by atoms with Crippen LogP contribution in [0.15, 0.2) is 58.3 Å². The summed E-state index contributed by atoms with van der Waals surface area (Å²) in [5.41, 5.74) is 2.47. The van der Waals surface area contributed by atoms with Crippen molar-refractivity contribution in [1.82, 2.24) is 19.7 Å².